The predicted octanol–water partition coefficient (Wildman–Crippen LogP) is 1.47. The predicted molar refractivity (Wildman–Crippen MR) is 73.6 cm³/mol. The summed E-state index contributed by atoms with van der Waals surface area (Å²) in [6, 6.07) is 8.42. The zero-order valence-corrected chi connectivity index (χ0v) is 11.2. The number of aliphatic hydroxyl groups is 1. The summed E-state index contributed by atoms with van der Waals surface area (Å²) in [4.78, 5) is 4.55. The van der Waals surface area contributed by atoms with Crippen LogP contribution in [0.15, 0.2) is 24.3 Å². The van der Waals surface area contributed by atoms with Crippen LogP contribution in [0.4, 0.5) is 0 Å². The van der Waals surface area contributed by atoms with Gasteiger partial charge in [0.2, 0.25) is 0 Å². The van der Waals surface area contributed by atoms with Gasteiger partial charge in [0.1, 0.15) is 5.82 Å². The highest BCUT2D eigenvalue weighted by Gasteiger charge is 2.12. The van der Waals surface area contributed by atoms with E-state index >= 15 is 0 Å². The lowest BCUT2D eigenvalue weighted by atomic mass is 10.2. The number of nitrogens with one attached hydrogen (secondary N) is 1. The first-order chi connectivity index (χ1) is 8.58. The number of nitrogens with zero attached hydrogens (tertiary/aromatic N) is 2. The second-order valence-electron chi connectivity index (χ2n) is 5.00. The maximum absolute atomic E-state index is 9.99. The number of para-hydroxylation sites is 2. The molecule has 0 radical (unpaired) electrons. The Balaban J connectivity index is 2.09. The van der Waals surface area contributed by atoms with E-state index in [0.29, 0.717) is 19.0 Å². The molecule has 18 heavy (non-hydrogen) atoms. The van der Waals surface area contributed by atoms with Crippen LogP contribution in [0.25, 0.3) is 11.0 Å². The van der Waals surface area contributed by atoms with Crippen molar-refractivity contribution < 1.29 is 5.11 Å². The van der Waals surface area contributed by atoms with Crippen LogP contribution in [-0.2, 0) is 13.5 Å². The second kappa shape index (κ2) is 5.50. The number of fused-ring (bicyclic) bond motifs is 1. The minimum atomic E-state index is -0.400. The largest absolute Gasteiger partial charge is 0.391 e. The van der Waals surface area contributed by atoms with E-state index in [0.717, 1.165) is 16.9 Å². The van der Waals surface area contributed by atoms with Gasteiger partial charge in [-0.2, -0.15) is 0 Å². The number of aliphatic hydroxyl groups excluding tert-OH is 1. The van der Waals surface area contributed by atoms with Crippen molar-refractivity contribution in [3.8, 4) is 0 Å². The third kappa shape index (κ3) is 2.89. The van der Waals surface area contributed by atoms with Gasteiger partial charge in [-0.15, -0.1) is 0 Å². The molecule has 0 aliphatic heterocycles. The zero-order valence-electron chi connectivity index (χ0n) is 11.2. The highest BCUT2D eigenvalue weighted by molar-refractivity contribution is 5.75. The summed E-state index contributed by atoms with van der Waals surface area (Å²) in [6.45, 7) is 4.74. The van der Waals surface area contributed by atoms with Crippen molar-refractivity contribution >= 4 is 11.0 Å². The number of aryl methyl sites for hydroxylation is 1. The summed E-state index contributed by atoms with van der Waals surface area (Å²) >= 11 is 0. The minimum Gasteiger partial charge on any atom is -0.391 e. The van der Waals surface area contributed by atoms with Gasteiger partial charge in [0, 0.05) is 26.1 Å². The second-order valence-corrected chi connectivity index (χ2v) is 5.00. The smallest absolute Gasteiger partial charge is 0.112 e. The highest BCUT2D eigenvalue weighted by atomic mass is 16.3. The van der Waals surface area contributed by atoms with Crippen molar-refractivity contribution in [2.75, 3.05) is 6.54 Å². The summed E-state index contributed by atoms with van der Waals surface area (Å²) in [5.41, 5.74) is 2.09. The summed E-state index contributed by atoms with van der Waals surface area (Å²) in [5.74, 6) is 0.925. The fourth-order valence-corrected chi connectivity index (χ4v) is 2.03. The van der Waals surface area contributed by atoms with Gasteiger partial charge in [-0.05, 0) is 12.1 Å². The molecule has 1 atom stereocenters. The molecule has 1 unspecified atom stereocenters. The molecule has 2 aromatic rings. The van der Waals surface area contributed by atoms with Crippen molar-refractivity contribution in [3.63, 3.8) is 0 Å². The molecule has 4 heteroatoms. The van der Waals surface area contributed by atoms with Crippen molar-refractivity contribution in [1.29, 1.82) is 0 Å². The Hall–Kier alpha value is -1.39. The maximum atomic E-state index is 9.99. The molecule has 4 nitrogen and oxygen atoms in total. The van der Waals surface area contributed by atoms with Crippen LogP contribution >= 0.6 is 0 Å². The molecule has 0 saturated carbocycles. The van der Waals surface area contributed by atoms with Gasteiger partial charge in [0.15, 0.2) is 0 Å². The third-order valence-electron chi connectivity index (χ3n) is 3.06. The van der Waals surface area contributed by atoms with Crippen molar-refractivity contribution in [2.24, 2.45) is 7.05 Å². The first kappa shape index (κ1) is 13.1. The summed E-state index contributed by atoms with van der Waals surface area (Å²) in [7, 11) is 1.99. The van der Waals surface area contributed by atoms with Crippen LogP contribution in [-0.4, -0.2) is 33.3 Å². The average Bonchev–Trinajstić information content (AvgIpc) is 2.65. The minimum absolute atomic E-state index is 0.389. The molecule has 1 aromatic carbocycles. The number of rotatable bonds is 5. The van der Waals surface area contributed by atoms with Crippen LogP contribution < -0.4 is 5.32 Å². The van der Waals surface area contributed by atoms with Gasteiger partial charge in [0.25, 0.3) is 0 Å². The molecule has 0 fully saturated rings. The Morgan fingerprint density at radius 2 is 2.06 bits per heavy atom. The number of imidazole rings is 1. The van der Waals surface area contributed by atoms with Gasteiger partial charge in [0.05, 0.1) is 17.1 Å². The molecule has 0 amide bonds. The third-order valence-corrected chi connectivity index (χ3v) is 3.06. The van der Waals surface area contributed by atoms with Crippen molar-refractivity contribution in [3.05, 3.63) is 30.1 Å². The van der Waals surface area contributed by atoms with Crippen LogP contribution in [0, 0.1) is 0 Å². The van der Waals surface area contributed by atoms with E-state index in [1.807, 2.05) is 35.9 Å². The van der Waals surface area contributed by atoms with Crippen LogP contribution in [0.5, 0.6) is 0 Å². The molecule has 0 aliphatic rings. The Bertz CT molecular complexity index is 519. The number of benzene rings is 1. The topological polar surface area (TPSA) is 50.1 Å². The van der Waals surface area contributed by atoms with E-state index in [-0.39, 0.29) is 0 Å². The van der Waals surface area contributed by atoms with Crippen LogP contribution in [0.2, 0.25) is 0 Å². The molecule has 0 spiro atoms. The van der Waals surface area contributed by atoms with Gasteiger partial charge in [-0.3, -0.25) is 0 Å². The Labute approximate surface area is 108 Å². The SMILES string of the molecule is CC(C)NCC(O)Cc1nc2ccccc2n1C. The van der Waals surface area contributed by atoms with Crippen molar-refractivity contribution in [1.82, 2.24) is 14.9 Å². The number of hydrogen-bond acceptors (Lipinski definition) is 3. The molecule has 2 rings (SSSR count). The molecule has 2 N–H and O–H groups in total. The molecule has 1 aromatic heterocycles. The van der Waals surface area contributed by atoms with E-state index in [1.54, 1.807) is 0 Å². The first-order valence-corrected chi connectivity index (χ1v) is 6.39. The summed E-state index contributed by atoms with van der Waals surface area (Å²) in [5, 5.41) is 13.2. The Morgan fingerprint density at radius 1 is 1.33 bits per heavy atom. The first-order valence-electron chi connectivity index (χ1n) is 6.39. The van der Waals surface area contributed by atoms with Gasteiger partial charge < -0.3 is 15.0 Å². The highest BCUT2D eigenvalue weighted by Crippen LogP contribution is 2.15. The van der Waals surface area contributed by atoms with Crippen LogP contribution in [0.3, 0.4) is 0 Å². The van der Waals surface area contributed by atoms with E-state index < -0.39 is 6.10 Å². The molecular weight excluding hydrogens is 226 g/mol. The summed E-state index contributed by atoms with van der Waals surface area (Å²) in [6.07, 6.45) is 0.174. The lowest BCUT2D eigenvalue weighted by Gasteiger charge is -2.13. The van der Waals surface area contributed by atoms with Gasteiger partial charge in [-0.25, -0.2) is 4.98 Å². The fourth-order valence-electron chi connectivity index (χ4n) is 2.03. The quantitative estimate of drug-likeness (QED) is 0.841. The summed E-state index contributed by atoms with van der Waals surface area (Å²) < 4.78 is 2.05. The Kier molecular flexibility index (Phi) is 3.99. The van der Waals surface area contributed by atoms with Gasteiger partial charge >= 0.3 is 0 Å². The van der Waals surface area contributed by atoms with E-state index in [4.69, 9.17) is 0 Å². The lowest BCUT2D eigenvalue weighted by molar-refractivity contribution is 0.166. The van der Waals surface area contributed by atoms with E-state index in [9.17, 15) is 5.11 Å². The maximum Gasteiger partial charge on any atom is 0.112 e. The molecule has 0 aliphatic carbocycles. The fraction of sp³-hybridized carbons (Fsp3) is 0.500. The normalized spacial score (nSPS) is 13.4. The molecule has 98 valence electrons. The zero-order chi connectivity index (χ0) is 13.1. The van der Waals surface area contributed by atoms with Gasteiger partial charge in [-0.1, -0.05) is 26.0 Å². The molecule has 0 bridgehead atoms. The Morgan fingerprint density at radius 3 is 2.72 bits per heavy atom. The lowest BCUT2D eigenvalue weighted by Crippen LogP contribution is -2.33. The van der Waals surface area contributed by atoms with E-state index in [1.165, 1.54) is 0 Å². The number of aromatic nitrogens is 2. The molecule has 1 heterocycles. The van der Waals surface area contributed by atoms with Crippen LogP contribution in [0.1, 0.15) is 19.7 Å². The van der Waals surface area contributed by atoms with Crippen molar-refractivity contribution in [2.45, 2.75) is 32.4 Å². The molecule has 0 saturated heterocycles. The number of hydrogen-bond donors (Lipinski definition) is 2. The van der Waals surface area contributed by atoms with E-state index in [2.05, 4.69) is 24.1 Å². The average molecular weight is 247 g/mol. The monoisotopic (exact) mass is 247 g/mol. The standard InChI is InChI=1S/C14H21N3O/c1-10(2)15-9-11(18)8-14-16-12-6-4-5-7-13(12)17(14)3/h4-7,10-11,15,18H,8-9H2,1-3H3. The molecular formula is C14H21N3O.